The number of amides is 1. The number of rotatable bonds is 4. The summed E-state index contributed by atoms with van der Waals surface area (Å²) in [6, 6.07) is 4.19. The molecule has 0 aliphatic heterocycles. The SMILES string of the molecule is NC1CCC(ONC(=O)Cc2cccs2)CC1. The number of hydroxylamine groups is 1. The molecule has 0 spiro atoms. The summed E-state index contributed by atoms with van der Waals surface area (Å²) < 4.78 is 0. The molecule has 0 saturated heterocycles. The first kappa shape index (κ1) is 12.5. The molecule has 94 valence electrons. The summed E-state index contributed by atoms with van der Waals surface area (Å²) in [4.78, 5) is 18.0. The van der Waals surface area contributed by atoms with E-state index < -0.39 is 0 Å². The molecule has 2 rings (SSSR count). The topological polar surface area (TPSA) is 64.3 Å². The van der Waals surface area contributed by atoms with Crippen molar-refractivity contribution in [2.24, 2.45) is 5.73 Å². The van der Waals surface area contributed by atoms with E-state index in [4.69, 9.17) is 10.6 Å². The predicted molar refractivity (Wildman–Crippen MR) is 67.5 cm³/mol. The van der Waals surface area contributed by atoms with Crippen LogP contribution < -0.4 is 11.2 Å². The molecule has 1 heterocycles. The van der Waals surface area contributed by atoms with Crippen molar-refractivity contribution in [1.82, 2.24) is 5.48 Å². The normalized spacial score (nSPS) is 24.5. The number of carbonyl (C=O) groups excluding carboxylic acids is 1. The second kappa shape index (κ2) is 6.14. The van der Waals surface area contributed by atoms with Crippen LogP contribution in [0.25, 0.3) is 0 Å². The van der Waals surface area contributed by atoms with Crippen molar-refractivity contribution in [2.75, 3.05) is 0 Å². The van der Waals surface area contributed by atoms with Gasteiger partial charge in [-0.1, -0.05) is 6.07 Å². The lowest BCUT2D eigenvalue weighted by Gasteiger charge is -2.25. The molecule has 0 atom stereocenters. The Hall–Kier alpha value is -0.910. The molecule has 4 nitrogen and oxygen atoms in total. The molecule has 0 radical (unpaired) electrons. The molecule has 1 aliphatic rings. The first-order chi connectivity index (χ1) is 8.24. The van der Waals surface area contributed by atoms with Crippen LogP contribution in [0.4, 0.5) is 0 Å². The highest BCUT2D eigenvalue weighted by molar-refractivity contribution is 7.10. The molecular formula is C12H18N2O2S. The van der Waals surface area contributed by atoms with E-state index in [1.165, 1.54) is 0 Å². The molecule has 0 aromatic carbocycles. The van der Waals surface area contributed by atoms with E-state index in [-0.39, 0.29) is 12.0 Å². The van der Waals surface area contributed by atoms with Gasteiger partial charge in [0, 0.05) is 10.9 Å². The summed E-state index contributed by atoms with van der Waals surface area (Å²) in [6.45, 7) is 0. The number of hydrogen-bond donors (Lipinski definition) is 2. The Balaban J connectivity index is 1.66. The maximum atomic E-state index is 11.6. The van der Waals surface area contributed by atoms with E-state index in [9.17, 15) is 4.79 Å². The van der Waals surface area contributed by atoms with Gasteiger partial charge in [0.15, 0.2) is 0 Å². The number of hydrogen-bond acceptors (Lipinski definition) is 4. The minimum Gasteiger partial charge on any atom is -0.328 e. The Bertz CT molecular complexity index is 345. The molecule has 1 aromatic heterocycles. The minimum atomic E-state index is -0.0812. The van der Waals surface area contributed by atoms with Crippen LogP contribution in [0.15, 0.2) is 17.5 Å². The van der Waals surface area contributed by atoms with Gasteiger partial charge in [-0.25, -0.2) is 5.48 Å². The number of carbonyl (C=O) groups is 1. The zero-order valence-corrected chi connectivity index (χ0v) is 10.5. The van der Waals surface area contributed by atoms with E-state index in [0.29, 0.717) is 12.5 Å². The van der Waals surface area contributed by atoms with Crippen LogP contribution in [0.5, 0.6) is 0 Å². The van der Waals surface area contributed by atoms with Crippen LogP contribution in [0.2, 0.25) is 0 Å². The molecule has 1 amide bonds. The molecule has 0 unspecified atom stereocenters. The zero-order chi connectivity index (χ0) is 12.1. The third kappa shape index (κ3) is 4.11. The molecule has 5 heteroatoms. The van der Waals surface area contributed by atoms with Gasteiger partial charge in [0.25, 0.3) is 0 Å². The molecule has 1 aromatic rings. The predicted octanol–water partition coefficient (Wildman–Crippen LogP) is 1.61. The van der Waals surface area contributed by atoms with Gasteiger partial charge < -0.3 is 5.73 Å². The average molecular weight is 254 g/mol. The summed E-state index contributed by atoms with van der Waals surface area (Å²) in [5.41, 5.74) is 8.33. The summed E-state index contributed by atoms with van der Waals surface area (Å²) in [6.07, 6.45) is 4.34. The van der Waals surface area contributed by atoms with Crippen molar-refractivity contribution in [3.05, 3.63) is 22.4 Å². The van der Waals surface area contributed by atoms with E-state index in [0.717, 1.165) is 30.6 Å². The van der Waals surface area contributed by atoms with Gasteiger partial charge in [-0.05, 0) is 37.1 Å². The van der Waals surface area contributed by atoms with E-state index in [2.05, 4.69) is 5.48 Å². The van der Waals surface area contributed by atoms with Crippen LogP contribution in [-0.4, -0.2) is 18.1 Å². The Kier molecular flexibility index (Phi) is 4.53. The standard InChI is InChI=1S/C12H18N2O2S/c13-9-3-5-10(6-4-9)16-14-12(15)8-11-2-1-7-17-11/h1-2,7,9-10H,3-6,8,13H2,(H,14,15). The summed E-state index contributed by atoms with van der Waals surface area (Å²) in [5, 5.41) is 1.96. The quantitative estimate of drug-likeness (QED) is 0.802. The van der Waals surface area contributed by atoms with E-state index in [1.54, 1.807) is 11.3 Å². The highest BCUT2D eigenvalue weighted by Crippen LogP contribution is 2.19. The third-order valence-corrected chi connectivity index (χ3v) is 3.85. The fourth-order valence-corrected chi connectivity index (χ4v) is 2.67. The highest BCUT2D eigenvalue weighted by Gasteiger charge is 2.19. The van der Waals surface area contributed by atoms with E-state index >= 15 is 0 Å². The molecule has 0 bridgehead atoms. The van der Waals surface area contributed by atoms with Crippen molar-refractivity contribution in [2.45, 2.75) is 44.2 Å². The lowest BCUT2D eigenvalue weighted by Crippen LogP contribution is -2.35. The molecule has 1 fully saturated rings. The van der Waals surface area contributed by atoms with Crippen molar-refractivity contribution >= 4 is 17.2 Å². The lowest BCUT2D eigenvalue weighted by atomic mass is 9.94. The fourth-order valence-electron chi connectivity index (χ4n) is 1.96. The summed E-state index contributed by atoms with van der Waals surface area (Å²) >= 11 is 1.58. The molecule has 3 N–H and O–H groups in total. The van der Waals surface area contributed by atoms with Crippen molar-refractivity contribution < 1.29 is 9.63 Å². The van der Waals surface area contributed by atoms with Crippen molar-refractivity contribution in [3.8, 4) is 0 Å². The number of nitrogens with two attached hydrogens (primary N) is 1. The largest absolute Gasteiger partial charge is 0.328 e. The van der Waals surface area contributed by atoms with Gasteiger partial charge in [-0.3, -0.25) is 9.63 Å². The van der Waals surface area contributed by atoms with Gasteiger partial charge in [-0.2, -0.15) is 0 Å². The smallest absolute Gasteiger partial charge is 0.248 e. The lowest BCUT2D eigenvalue weighted by molar-refractivity contribution is -0.139. The molecule has 17 heavy (non-hydrogen) atoms. The highest BCUT2D eigenvalue weighted by atomic mass is 32.1. The van der Waals surface area contributed by atoms with Gasteiger partial charge in [0.1, 0.15) is 0 Å². The Labute approximate surface area is 105 Å². The van der Waals surface area contributed by atoms with Gasteiger partial charge in [-0.15, -0.1) is 11.3 Å². The Morgan fingerprint density at radius 1 is 1.47 bits per heavy atom. The maximum Gasteiger partial charge on any atom is 0.248 e. The average Bonchev–Trinajstić information content (AvgIpc) is 2.81. The Morgan fingerprint density at radius 3 is 2.88 bits per heavy atom. The number of nitrogens with one attached hydrogen (secondary N) is 1. The minimum absolute atomic E-state index is 0.0812. The molecular weight excluding hydrogens is 236 g/mol. The third-order valence-electron chi connectivity index (χ3n) is 2.97. The molecule has 1 aliphatic carbocycles. The van der Waals surface area contributed by atoms with E-state index in [1.807, 2.05) is 17.5 Å². The van der Waals surface area contributed by atoms with Crippen LogP contribution >= 0.6 is 11.3 Å². The monoisotopic (exact) mass is 254 g/mol. The summed E-state index contributed by atoms with van der Waals surface area (Å²) in [7, 11) is 0. The second-order valence-corrected chi connectivity index (χ2v) is 5.47. The van der Waals surface area contributed by atoms with Crippen molar-refractivity contribution in [1.29, 1.82) is 0 Å². The van der Waals surface area contributed by atoms with Gasteiger partial charge >= 0.3 is 0 Å². The summed E-state index contributed by atoms with van der Waals surface area (Å²) in [5.74, 6) is -0.0812. The second-order valence-electron chi connectivity index (χ2n) is 4.44. The van der Waals surface area contributed by atoms with Gasteiger partial charge in [0.2, 0.25) is 5.91 Å². The van der Waals surface area contributed by atoms with Crippen LogP contribution in [0.1, 0.15) is 30.6 Å². The first-order valence-electron chi connectivity index (χ1n) is 5.96. The van der Waals surface area contributed by atoms with Crippen LogP contribution in [0, 0.1) is 0 Å². The van der Waals surface area contributed by atoms with Crippen LogP contribution in [-0.2, 0) is 16.1 Å². The first-order valence-corrected chi connectivity index (χ1v) is 6.84. The van der Waals surface area contributed by atoms with Gasteiger partial charge in [0.05, 0.1) is 12.5 Å². The molecule has 1 saturated carbocycles. The maximum absolute atomic E-state index is 11.6. The fraction of sp³-hybridized carbons (Fsp3) is 0.583. The Morgan fingerprint density at radius 2 is 2.24 bits per heavy atom. The number of thiophene rings is 1. The van der Waals surface area contributed by atoms with Crippen molar-refractivity contribution in [3.63, 3.8) is 0 Å². The van der Waals surface area contributed by atoms with Crippen LogP contribution in [0.3, 0.4) is 0 Å². The zero-order valence-electron chi connectivity index (χ0n) is 9.72.